The Kier molecular flexibility index (Phi) is 6.93. The lowest BCUT2D eigenvalue weighted by Crippen LogP contribution is -2.21. The summed E-state index contributed by atoms with van der Waals surface area (Å²) in [6.07, 6.45) is 4.98. The number of hydrogen-bond donors (Lipinski definition) is 1. The minimum Gasteiger partial charge on any atom is -0.506 e. The fourth-order valence-corrected chi connectivity index (χ4v) is 6.86. The number of ether oxygens (including phenoxy) is 1. The summed E-state index contributed by atoms with van der Waals surface area (Å²) in [5.41, 5.74) is 4.83. The summed E-state index contributed by atoms with van der Waals surface area (Å²) < 4.78 is 7.24. The summed E-state index contributed by atoms with van der Waals surface area (Å²) in [6.45, 7) is 6.12. The zero-order valence-electron chi connectivity index (χ0n) is 18.6. The SMILES string of the molecule is CCSC(=O)C1=C(C)C=c2sc(=Cc3cc(OC)ccc3CC)c(O)c2C1c1cccs1. The minimum absolute atomic E-state index is 0.0856. The van der Waals surface area contributed by atoms with E-state index in [1.54, 1.807) is 29.8 Å². The Morgan fingerprint density at radius 1 is 1.28 bits per heavy atom. The van der Waals surface area contributed by atoms with Gasteiger partial charge in [-0.25, -0.2) is 0 Å². The van der Waals surface area contributed by atoms with E-state index in [0.29, 0.717) is 0 Å². The lowest BCUT2D eigenvalue weighted by atomic mass is 9.84. The van der Waals surface area contributed by atoms with Crippen molar-refractivity contribution in [1.29, 1.82) is 0 Å². The summed E-state index contributed by atoms with van der Waals surface area (Å²) in [4.78, 5) is 14.2. The molecule has 3 aromatic rings. The molecule has 32 heavy (non-hydrogen) atoms. The average molecular weight is 483 g/mol. The maximum atomic E-state index is 13.1. The molecular weight excluding hydrogens is 456 g/mol. The molecule has 1 atom stereocenters. The van der Waals surface area contributed by atoms with Crippen LogP contribution in [0.15, 0.2) is 46.9 Å². The number of allylic oxidation sites excluding steroid dienone is 1. The lowest BCUT2D eigenvalue weighted by Gasteiger charge is -2.23. The van der Waals surface area contributed by atoms with E-state index in [1.807, 2.05) is 43.5 Å². The fourth-order valence-electron chi connectivity index (χ4n) is 4.13. The van der Waals surface area contributed by atoms with Crippen molar-refractivity contribution in [2.75, 3.05) is 12.9 Å². The maximum Gasteiger partial charge on any atom is 0.216 e. The predicted octanol–water partition coefficient (Wildman–Crippen LogP) is 5.44. The third kappa shape index (κ3) is 4.19. The fraction of sp³-hybridized carbons (Fsp3) is 0.269. The molecule has 0 fully saturated rings. The number of fused-ring (bicyclic) bond motifs is 1. The minimum atomic E-state index is -0.240. The molecule has 0 spiro atoms. The Labute approximate surface area is 200 Å². The van der Waals surface area contributed by atoms with Crippen LogP contribution in [0.5, 0.6) is 11.5 Å². The second-order valence-corrected chi connectivity index (χ2v) is 10.9. The Morgan fingerprint density at radius 2 is 2.09 bits per heavy atom. The van der Waals surface area contributed by atoms with Crippen molar-refractivity contribution in [2.45, 2.75) is 33.1 Å². The standard InChI is InChI=1S/C26H26O3S3/c1-5-16-9-10-18(29-4)13-17(16)14-21-25(27)24-20(32-21)12-15(3)22(26(28)30-6-2)23(24)19-8-7-11-31-19/h7-14,23,27H,5-6H2,1-4H3. The van der Waals surface area contributed by atoms with Crippen LogP contribution < -0.4 is 13.8 Å². The van der Waals surface area contributed by atoms with Crippen molar-refractivity contribution in [1.82, 2.24) is 0 Å². The number of benzene rings is 1. The van der Waals surface area contributed by atoms with Crippen molar-refractivity contribution in [3.05, 3.63) is 77.5 Å². The van der Waals surface area contributed by atoms with E-state index in [1.165, 1.54) is 17.3 Å². The number of carbonyl (C=O) groups is 1. The van der Waals surface area contributed by atoms with Crippen molar-refractivity contribution >= 4 is 51.7 Å². The zero-order chi connectivity index (χ0) is 22.8. The summed E-state index contributed by atoms with van der Waals surface area (Å²) in [6, 6.07) is 10.1. The van der Waals surface area contributed by atoms with Gasteiger partial charge in [0.2, 0.25) is 5.12 Å². The van der Waals surface area contributed by atoms with E-state index in [4.69, 9.17) is 4.74 Å². The number of hydrogen-bond acceptors (Lipinski definition) is 6. The first-order chi connectivity index (χ1) is 15.5. The molecule has 1 aliphatic carbocycles. The molecule has 0 aliphatic heterocycles. The molecule has 0 bridgehead atoms. The molecule has 0 saturated heterocycles. The van der Waals surface area contributed by atoms with E-state index in [0.717, 1.165) is 54.1 Å². The van der Waals surface area contributed by atoms with Crippen LogP contribution in [0.3, 0.4) is 0 Å². The summed E-state index contributed by atoms with van der Waals surface area (Å²) >= 11 is 4.53. The second kappa shape index (κ2) is 9.69. The molecule has 1 aromatic carbocycles. The van der Waals surface area contributed by atoms with Crippen molar-refractivity contribution in [2.24, 2.45) is 0 Å². The molecule has 2 aromatic heterocycles. The van der Waals surface area contributed by atoms with Crippen LogP contribution in [-0.2, 0) is 11.2 Å². The normalized spacial score (nSPS) is 16.1. The van der Waals surface area contributed by atoms with Gasteiger partial charge in [0.05, 0.1) is 17.6 Å². The van der Waals surface area contributed by atoms with E-state index < -0.39 is 0 Å². The number of carbonyl (C=O) groups excluding carboxylic acids is 1. The summed E-state index contributed by atoms with van der Waals surface area (Å²) in [5, 5.41) is 13.5. The van der Waals surface area contributed by atoms with E-state index in [9.17, 15) is 9.90 Å². The quantitative estimate of drug-likeness (QED) is 0.508. The third-order valence-corrected chi connectivity index (χ3v) is 8.46. The molecule has 0 radical (unpaired) electrons. The molecule has 0 amide bonds. The molecule has 2 heterocycles. The number of rotatable bonds is 6. The van der Waals surface area contributed by atoms with Crippen LogP contribution in [-0.4, -0.2) is 23.1 Å². The van der Waals surface area contributed by atoms with E-state index in [2.05, 4.69) is 25.1 Å². The van der Waals surface area contributed by atoms with Crippen LogP contribution in [0.2, 0.25) is 0 Å². The number of aromatic hydroxyl groups is 1. The van der Waals surface area contributed by atoms with Crippen LogP contribution in [0.25, 0.3) is 12.2 Å². The highest BCUT2D eigenvalue weighted by Gasteiger charge is 2.33. The summed E-state index contributed by atoms with van der Waals surface area (Å²) in [7, 11) is 1.66. The van der Waals surface area contributed by atoms with Crippen molar-refractivity contribution in [3.8, 4) is 11.5 Å². The van der Waals surface area contributed by atoms with Gasteiger partial charge in [0.1, 0.15) is 11.5 Å². The highest BCUT2D eigenvalue weighted by atomic mass is 32.2. The van der Waals surface area contributed by atoms with Gasteiger partial charge < -0.3 is 9.84 Å². The molecule has 1 aliphatic rings. The maximum absolute atomic E-state index is 13.1. The summed E-state index contributed by atoms with van der Waals surface area (Å²) in [5.74, 6) is 1.54. The van der Waals surface area contributed by atoms with Crippen LogP contribution >= 0.6 is 34.4 Å². The van der Waals surface area contributed by atoms with Gasteiger partial charge in [0, 0.05) is 20.5 Å². The molecule has 0 saturated carbocycles. The van der Waals surface area contributed by atoms with Gasteiger partial charge in [0.15, 0.2) is 0 Å². The van der Waals surface area contributed by atoms with Gasteiger partial charge in [-0.2, -0.15) is 0 Å². The smallest absolute Gasteiger partial charge is 0.216 e. The van der Waals surface area contributed by atoms with Crippen LogP contribution in [0.1, 0.15) is 48.3 Å². The molecule has 166 valence electrons. The Bertz CT molecular complexity index is 1300. The van der Waals surface area contributed by atoms with Gasteiger partial charge in [-0.15, -0.1) is 22.7 Å². The Morgan fingerprint density at radius 3 is 2.75 bits per heavy atom. The highest BCUT2D eigenvalue weighted by molar-refractivity contribution is 8.14. The van der Waals surface area contributed by atoms with Crippen molar-refractivity contribution in [3.63, 3.8) is 0 Å². The third-order valence-electron chi connectivity index (χ3n) is 5.67. The van der Waals surface area contributed by atoms with E-state index >= 15 is 0 Å². The van der Waals surface area contributed by atoms with Gasteiger partial charge in [0.25, 0.3) is 0 Å². The second-order valence-electron chi connectivity index (χ2n) is 7.57. The topological polar surface area (TPSA) is 46.5 Å². The van der Waals surface area contributed by atoms with Gasteiger partial charge in [-0.05, 0) is 71.5 Å². The predicted molar refractivity (Wildman–Crippen MR) is 138 cm³/mol. The monoisotopic (exact) mass is 482 g/mol. The average Bonchev–Trinajstić information content (AvgIpc) is 3.41. The van der Waals surface area contributed by atoms with Gasteiger partial charge in [-0.3, -0.25) is 4.79 Å². The number of thioether (sulfide) groups is 1. The van der Waals surface area contributed by atoms with Crippen molar-refractivity contribution < 1.29 is 14.6 Å². The van der Waals surface area contributed by atoms with Gasteiger partial charge in [-0.1, -0.05) is 37.7 Å². The highest BCUT2D eigenvalue weighted by Crippen LogP contribution is 2.42. The molecule has 3 nitrogen and oxygen atoms in total. The zero-order valence-corrected chi connectivity index (χ0v) is 21.0. The molecule has 4 rings (SSSR count). The molecular formula is C26H26O3S3. The Hall–Kier alpha value is -2.28. The van der Waals surface area contributed by atoms with Crippen LogP contribution in [0, 0.1) is 0 Å². The van der Waals surface area contributed by atoms with Gasteiger partial charge >= 0.3 is 0 Å². The first kappa shape index (κ1) is 22.9. The van der Waals surface area contributed by atoms with E-state index in [-0.39, 0.29) is 16.8 Å². The van der Waals surface area contributed by atoms with Crippen LogP contribution in [0.4, 0.5) is 0 Å². The largest absolute Gasteiger partial charge is 0.506 e. The molecule has 6 heteroatoms. The lowest BCUT2D eigenvalue weighted by molar-refractivity contribution is -0.108. The number of methoxy groups -OCH3 is 1. The molecule has 1 unspecified atom stereocenters. The molecule has 1 N–H and O–H groups in total. The number of aryl methyl sites for hydroxylation is 1. The Balaban J connectivity index is 1.93. The number of thiophene rings is 2. The first-order valence-electron chi connectivity index (χ1n) is 10.6. The first-order valence-corrected chi connectivity index (χ1v) is 13.3.